The molecule has 1 amide bonds. The Morgan fingerprint density at radius 2 is 2.11 bits per heavy atom. The molecule has 0 aliphatic rings. The summed E-state index contributed by atoms with van der Waals surface area (Å²) in [5.74, 6) is -0.0190. The van der Waals surface area contributed by atoms with E-state index in [4.69, 9.17) is 4.52 Å². The maximum Gasteiger partial charge on any atom is 0.262 e. The molecule has 0 aliphatic heterocycles. The van der Waals surface area contributed by atoms with Crippen molar-refractivity contribution in [1.82, 2.24) is 24.9 Å². The molecule has 28 heavy (non-hydrogen) atoms. The molecule has 4 rings (SSSR count). The lowest BCUT2D eigenvalue weighted by Crippen LogP contribution is -2.23. The predicted molar refractivity (Wildman–Crippen MR) is 105 cm³/mol. The number of rotatable bonds is 5. The second-order valence-corrected chi connectivity index (χ2v) is 7.41. The zero-order valence-corrected chi connectivity index (χ0v) is 15.9. The fourth-order valence-corrected chi connectivity index (χ4v) is 3.37. The molecule has 1 aromatic carbocycles. The second-order valence-electron chi connectivity index (χ2n) is 6.08. The van der Waals surface area contributed by atoms with E-state index in [9.17, 15) is 9.59 Å². The van der Waals surface area contributed by atoms with Crippen molar-refractivity contribution >= 4 is 34.6 Å². The highest BCUT2D eigenvalue weighted by Crippen LogP contribution is 2.22. The van der Waals surface area contributed by atoms with Gasteiger partial charge in [-0.05, 0) is 26.0 Å². The summed E-state index contributed by atoms with van der Waals surface area (Å²) in [6, 6.07) is 11.0. The van der Waals surface area contributed by atoms with Crippen LogP contribution in [0.5, 0.6) is 0 Å². The molecule has 0 radical (unpaired) electrons. The summed E-state index contributed by atoms with van der Waals surface area (Å²) in [5, 5.41) is 10.8. The maximum atomic E-state index is 12.4. The molecule has 0 spiro atoms. The summed E-state index contributed by atoms with van der Waals surface area (Å²) in [4.78, 5) is 32.0. The van der Waals surface area contributed by atoms with Crippen LogP contribution in [0, 0.1) is 6.92 Å². The molecule has 0 saturated carbocycles. The molecule has 3 aromatic heterocycles. The molecule has 0 aliphatic carbocycles. The van der Waals surface area contributed by atoms with Gasteiger partial charge in [0.1, 0.15) is 5.39 Å². The fourth-order valence-electron chi connectivity index (χ4n) is 2.58. The number of nitrogens with zero attached hydrogens (tertiary/aromatic N) is 4. The summed E-state index contributed by atoms with van der Waals surface area (Å²) in [5.41, 5.74) is 1.57. The zero-order valence-electron chi connectivity index (χ0n) is 15.0. The number of anilines is 1. The highest BCUT2D eigenvalue weighted by molar-refractivity contribution is 8.00. The number of amides is 1. The molecule has 3 heterocycles. The highest BCUT2D eigenvalue weighted by Gasteiger charge is 2.19. The van der Waals surface area contributed by atoms with Crippen LogP contribution in [-0.2, 0) is 4.79 Å². The van der Waals surface area contributed by atoms with Gasteiger partial charge in [0.25, 0.3) is 5.56 Å². The average Bonchev–Trinajstić information content (AvgIpc) is 3.28. The summed E-state index contributed by atoms with van der Waals surface area (Å²) in [6.07, 6.45) is 1.48. The van der Waals surface area contributed by atoms with Gasteiger partial charge in [-0.25, -0.2) is 9.67 Å². The monoisotopic (exact) mass is 396 g/mol. The molecular formula is C18H16N6O3S. The number of hydrogen-bond acceptors (Lipinski definition) is 7. The van der Waals surface area contributed by atoms with E-state index in [1.807, 2.05) is 30.3 Å². The maximum absolute atomic E-state index is 12.4. The molecule has 4 aromatic rings. The van der Waals surface area contributed by atoms with Gasteiger partial charge in [-0.15, -0.1) is 0 Å². The van der Waals surface area contributed by atoms with E-state index >= 15 is 0 Å². The number of hydrogen-bond donors (Lipinski definition) is 2. The van der Waals surface area contributed by atoms with Crippen molar-refractivity contribution in [3.05, 3.63) is 58.6 Å². The van der Waals surface area contributed by atoms with E-state index in [-0.39, 0.29) is 17.4 Å². The number of fused-ring (bicyclic) bond motifs is 1. The smallest absolute Gasteiger partial charge is 0.262 e. The van der Waals surface area contributed by atoms with Crippen molar-refractivity contribution in [2.24, 2.45) is 0 Å². The Morgan fingerprint density at radius 3 is 2.82 bits per heavy atom. The van der Waals surface area contributed by atoms with E-state index in [1.165, 1.54) is 6.20 Å². The third-order valence-corrected chi connectivity index (χ3v) is 4.93. The number of benzene rings is 1. The molecule has 1 atom stereocenters. The van der Waals surface area contributed by atoms with E-state index in [0.29, 0.717) is 21.9 Å². The minimum Gasteiger partial charge on any atom is -0.338 e. The lowest BCUT2D eigenvalue weighted by atomic mass is 10.3. The lowest BCUT2D eigenvalue weighted by Gasteiger charge is -2.09. The number of nitrogens with one attached hydrogen (secondary N) is 2. The predicted octanol–water partition coefficient (Wildman–Crippen LogP) is 2.52. The van der Waals surface area contributed by atoms with Crippen LogP contribution in [0.4, 0.5) is 5.88 Å². The molecule has 142 valence electrons. The summed E-state index contributed by atoms with van der Waals surface area (Å²) >= 11 is 1.13. The van der Waals surface area contributed by atoms with Crippen molar-refractivity contribution in [1.29, 1.82) is 0 Å². The quantitative estimate of drug-likeness (QED) is 0.393. The molecule has 1 unspecified atom stereocenters. The second kappa shape index (κ2) is 7.31. The van der Waals surface area contributed by atoms with Gasteiger partial charge in [0.2, 0.25) is 11.8 Å². The Labute approximate surface area is 163 Å². The standard InChI is InChI=1S/C18H16N6O3S/c1-10-8-14(27-23-10)20-16(25)11(2)28-18-21-15-13(17(26)22-18)9-19-24(15)12-6-4-3-5-7-12/h3-9,11H,1-2H3,(H,20,25)(H,21,22,26). The number of para-hydroxylation sites is 1. The fraction of sp³-hybridized carbons (Fsp3) is 0.167. The molecule has 0 fully saturated rings. The third kappa shape index (κ3) is 3.54. The van der Waals surface area contributed by atoms with Gasteiger partial charge in [-0.3, -0.25) is 14.9 Å². The Hall–Kier alpha value is -3.40. The van der Waals surface area contributed by atoms with E-state index < -0.39 is 5.25 Å². The van der Waals surface area contributed by atoms with Crippen LogP contribution >= 0.6 is 11.8 Å². The van der Waals surface area contributed by atoms with Crippen molar-refractivity contribution in [2.75, 3.05) is 5.32 Å². The van der Waals surface area contributed by atoms with Crippen LogP contribution in [0.1, 0.15) is 12.6 Å². The first-order valence-electron chi connectivity index (χ1n) is 8.45. The van der Waals surface area contributed by atoms with Gasteiger partial charge < -0.3 is 9.51 Å². The Balaban J connectivity index is 1.60. The van der Waals surface area contributed by atoms with Gasteiger partial charge in [0, 0.05) is 6.07 Å². The van der Waals surface area contributed by atoms with Crippen LogP contribution in [0.3, 0.4) is 0 Å². The van der Waals surface area contributed by atoms with E-state index in [1.54, 1.807) is 24.6 Å². The van der Waals surface area contributed by atoms with Gasteiger partial charge in [0.05, 0.1) is 22.8 Å². The molecule has 10 heteroatoms. The van der Waals surface area contributed by atoms with Gasteiger partial charge >= 0.3 is 0 Å². The topological polar surface area (TPSA) is 119 Å². The van der Waals surface area contributed by atoms with Crippen molar-refractivity contribution in [3.8, 4) is 5.69 Å². The summed E-state index contributed by atoms with van der Waals surface area (Å²) in [6.45, 7) is 3.47. The largest absolute Gasteiger partial charge is 0.338 e. The first-order valence-corrected chi connectivity index (χ1v) is 9.33. The minimum atomic E-state index is -0.529. The first kappa shape index (κ1) is 18.0. The van der Waals surface area contributed by atoms with Crippen LogP contribution in [0.2, 0.25) is 0 Å². The number of carbonyl (C=O) groups is 1. The normalized spacial score (nSPS) is 12.2. The number of aryl methyl sites for hydroxylation is 1. The summed E-state index contributed by atoms with van der Waals surface area (Å²) in [7, 11) is 0. The Bertz CT molecular complexity index is 1200. The van der Waals surface area contributed by atoms with Gasteiger partial charge in [-0.1, -0.05) is 35.1 Å². The van der Waals surface area contributed by atoms with Crippen LogP contribution in [-0.4, -0.2) is 36.1 Å². The zero-order chi connectivity index (χ0) is 19.7. The number of thioether (sulfide) groups is 1. The van der Waals surface area contributed by atoms with Crippen molar-refractivity contribution in [3.63, 3.8) is 0 Å². The van der Waals surface area contributed by atoms with Crippen LogP contribution < -0.4 is 10.9 Å². The Morgan fingerprint density at radius 1 is 1.32 bits per heavy atom. The lowest BCUT2D eigenvalue weighted by molar-refractivity contribution is -0.115. The molecular weight excluding hydrogens is 380 g/mol. The third-order valence-electron chi connectivity index (χ3n) is 3.95. The molecule has 9 nitrogen and oxygen atoms in total. The number of aromatic nitrogens is 5. The average molecular weight is 396 g/mol. The SMILES string of the molecule is Cc1cc(NC(=O)C(C)Sc2nc3c(cnn3-c3ccccc3)c(=O)[nH]2)on1. The van der Waals surface area contributed by atoms with E-state index in [2.05, 4.69) is 25.5 Å². The number of carbonyl (C=O) groups excluding carboxylic acids is 1. The van der Waals surface area contributed by atoms with Crippen LogP contribution in [0.15, 0.2) is 57.1 Å². The summed E-state index contributed by atoms with van der Waals surface area (Å²) < 4.78 is 6.58. The van der Waals surface area contributed by atoms with Gasteiger partial charge in [0.15, 0.2) is 10.8 Å². The number of aromatic amines is 1. The van der Waals surface area contributed by atoms with Crippen LogP contribution in [0.25, 0.3) is 16.7 Å². The molecule has 0 saturated heterocycles. The minimum absolute atomic E-state index is 0.272. The van der Waals surface area contributed by atoms with E-state index in [0.717, 1.165) is 17.4 Å². The van der Waals surface area contributed by atoms with Gasteiger partial charge in [-0.2, -0.15) is 5.10 Å². The first-order chi connectivity index (χ1) is 13.5. The van der Waals surface area contributed by atoms with Crippen molar-refractivity contribution < 1.29 is 9.32 Å². The molecule has 0 bridgehead atoms. The van der Waals surface area contributed by atoms with Crippen molar-refractivity contribution in [2.45, 2.75) is 24.3 Å². The Kier molecular flexibility index (Phi) is 4.70. The highest BCUT2D eigenvalue weighted by atomic mass is 32.2. The number of H-pyrrole nitrogens is 1. The molecule has 2 N–H and O–H groups in total.